The van der Waals surface area contributed by atoms with Crippen molar-refractivity contribution in [3.8, 4) is 0 Å². The summed E-state index contributed by atoms with van der Waals surface area (Å²) in [6.07, 6.45) is 2.62. The molecule has 0 aliphatic heterocycles. The average molecular weight is 322 g/mol. The zero-order valence-corrected chi connectivity index (χ0v) is 11.8. The van der Waals surface area contributed by atoms with Crippen molar-refractivity contribution < 1.29 is 9.90 Å². The quantitative estimate of drug-likeness (QED) is 0.937. The number of benzene rings is 1. The van der Waals surface area contributed by atoms with E-state index in [0.29, 0.717) is 12.5 Å². The second kappa shape index (κ2) is 5.79. The first-order valence-corrected chi connectivity index (χ1v) is 6.36. The molecule has 1 heterocycles. The summed E-state index contributed by atoms with van der Waals surface area (Å²) in [5.41, 5.74) is 1.20. The van der Waals surface area contributed by atoms with Gasteiger partial charge in [-0.05, 0) is 17.7 Å². The van der Waals surface area contributed by atoms with Gasteiger partial charge in [-0.1, -0.05) is 28.1 Å². The summed E-state index contributed by atoms with van der Waals surface area (Å²) < 4.78 is 1.01. The molecule has 0 bridgehead atoms. The summed E-state index contributed by atoms with van der Waals surface area (Å²) in [6.45, 7) is 0.645. The van der Waals surface area contributed by atoms with E-state index in [1.807, 2.05) is 36.2 Å². The Balaban J connectivity index is 2.11. The van der Waals surface area contributed by atoms with Gasteiger partial charge in [0.1, 0.15) is 0 Å². The second-order valence-corrected chi connectivity index (χ2v) is 4.98. The lowest BCUT2D eigenvalue weighted by molar-refractivity contribution is 0.0696. The molecular weight excluding hydrogens is 310 g/mol. The molecule has 2 rings (SSSR count). The van der Waals surface area contributed by atoms with Crippen LogP contribution in [0.4, 0.5) is 5.95 Å². The molecule has 0 unspecified atom stereocenters. The third-order valence-electron chi connectivity index (χ3n) is 2.54. The molecule has 1 aromatic carbocycles. The third-order valence-corrected chi connectivity index (χ3v) is 3.03. The van der Waals surface area contributed by atoms with Crippen LogP contribution in [0.15, 0.2) is 41.1 Å². The van der Waals surface area contributed by atoms with Gasteiger partial charge in [0.2, 0.25) is 5.95 Å². The second-order valence-electron chi connectivity index (χ2n) is 4.06. The van der Waals surface area contributed by atoms with Crippen molar-refractivity contribution in [1.82, 2.24) is 9.97 Å². The average Bonchev–Trinajstić information content (AvgIpc) is 2.39. The van der Waals surface area contributed by atoms with Gasteiger partial charge in [0.05, 0.1) is 5.56 Å². The topological polar surface area (TPSA) is 66.3 Å². The van der Waals surface area contributed by atoms with Crippen LogP contribution in [0.5, 0.6) is 0 Å². The van der Waals surface area contributed by atoms with E-state index in [2.05, 4.69) is 25.9 Å². The molecule has 19 heavy (non-hydrogen) atoms. The predicted molar refractivity (Wildman–Crippen MR) is 75.2 cm³/mol. The van der Waals surface area contributed by atoms with Crippen LogP contribution in [0.1, 0.15) is 15.9 Å². The molecule has 1 aromatic heterocycles. The molecule has 0 aliphatic rings. The summed E-state index contributed by atoms with van der Waals surface area (Å²) in [5, 5.41) is 8.78. The highest BCUT2D eigenvalue weighted by Crippen LogP contribution is 2.15. The fraction of sp³-hybridized carbons (Fsp3) is 0.154. The molecule has 5 nitrogen and oxygen atoms in total. The van der Waals surface area contributed by atoms with Gasteiger partial charge in [-0.15, -0.1) is 0 Å². The van der Waals surface area contributed by atoms with Crippen molar-refractivity contribution in [1.29, 1.82) is 0 Å². The first-order valence-electron chi connectivity index (χ1n) is 5.57. The van der Waals surface area contributed by atoms with E-state index in [0.717, 1.165) is 10.0 Å². The number of halogens is 1. The van der Waals surface area contributed by atoms with Gasteiger partial charge in [-0.2, -0.15) is 0 Å². The highest BCUT2D eigenvalue weighted by molar-refractivity contribution is 9.10. The number of nitrogens with zero attached hydrogens (tertiary/aromatic N) is 3. The van der Waals surface area contributed by atoms with Crippen molar-refractivity contribution in [2.45, 2.75) is 6.54 Å². The van der Waals surface area contributed by atoms with E-state index in [-0.39, 0.29) is 5.56 Å². The smallest absolute Gasteiger partial charge is 0.338 e. The first-order chi connectivity index (χ1) is 9.06. The number of carbonyl (C=O) groups is 1. The molecule has 1 N–H and O–H groups in total. The van der Waals surface area contributed by atoms with E-state index in [1.54, 1.807) is 0 Å². The Bertz CT molecular complexity index is 587. The monoisotopic (exact) mass is 321 g/mol. The Labute approximate surface area is 119 Å². The van der Waals surface area contributed by atoms with Crippen molar-refractivity contribution >= 4 is 27.8 Å². The van der Waals surface area contributed by atoms with Crippen LogP contribution in [-0.2, 0) is 6.54 Å². The molecule has 0 amide bonds. The Kier molecular flexibility index (Phi) is 4.11. The summed E-state index contributed by atoms with van der Waals surface area (Å²) in [5.74, 6) is -0.536. The van der Waals surface area contributed by atoms with Crippen LogP contribution in [0.2, 0.25) is 0 Å². The van der Waals surface area contributed by atoms with Gasteiger partial charge in [-0.3, -0.25) is 0 Å². The minimum Gasteiger partial charge on any atom is -0.478 e. The summed E-state index contributed by atoms with van der Waals surface area (Å²) in [4.78, 5) is 20.6. The van der Waals surface area contributed by atoms with Gasteiger partial charge < -0.3 is 10.0 Å². The largest absolute Gasteiger partial charge is 0.478 e. The predicted octanol–water partition coefficient (Wildman–Crippen LogP) is 2.57. The van der Waals surface area contributed by atoms with Gasteiger partial charge in [-0.25, -0.2) is 14.8 Å². The standard InChI is InChI=1S/C13H12BrN3O2/c1-17(8-9-3-2-4-11(14)5-9)13-15-6-10(7-16-13)12(18)19/h2-7H,8H2,1H3,(H,18,19). The lowest BCUT2D eigenvalue weighted by Crippen LogP contribution is -2.19. The molecule has 0 atom stereocenters. The molecular formula is C13H12BrN3O2. The minimum atomic E-state index is -1.03. The SMILES string of the molecule is CN(Cc1cccc(Br)c1)c1ncc(C(=O)O)cn1. The van der Waals surface area contributed by atoms with Crippen LogP contribution < -0.4 is 4.90 Å². The van der Waals surface area contributed by atoms with Crippen molar-refractivity contribution in [3.05, 3.63) is 52.3 Å². The van der Waals surface area contributed by atoms with Crippen molar-refractivity contribution in [3.63, 3.8) is 0 Å². The zero-order chi connectivity index (χ0) is 13.8. The molecule has 0 radical (unpaired) electrons. The lowest BCUT2D eigenvalue weighted by atomic mass is 10.2. The molecule has 98 valence electrons. The Morgan fingerprint density at radius 1 is 1.37 bits per heavy atom. The van der Waals surface area contributed by atoms with E-state index >= 15 is 0 Å². The van der Waals surface area contributed by atoms with Crippen molar-refractivity contribution in [2.24, 2.45) is 0 Å². The number of aromatic carboxylic acids is 1. The van der Waals surface area contributed by atoms with Crippen LogP contribution >= 0.6 is 15.9 Å². The normalized spacial score (nSPS) is 10.2. The maximum absolute atomic E-state index is 10.7. The highest BCUT2D eigenvalue weighted by atomic mass is 79.9. The third kappa shape index (κ3) is 3.51. The number of rotatable bonds is 4. The van der Waals surface area contributed by atoms with E-state index in [9.17, 15) is 4.79 Å². The molecule has 2 aromatic rings. The van der Waals surface area contributed by atoms with Crippen molar-refractivity contribution in [2.75, 3.05) is 11.9 Å². The Morgan fingerprint density at radius 2 is 2.05 bits per heavy atom. The molecule has 6 heteroatoms. The van der Waals surface area contributed by atoms with Crippen LogP contribution in [0, 0.1) is 0 Å². The fourth-order valence-electron chi connectivity index (χ4n) is 1.61. The summed E-state index contributed by atoms with van der Waals surface area (Å²) >= 11 is 3.42. The minimum absolute atomic E-state index is 0.0830. The van der Waals surface area contributed by atoms with E-state index in [4.69, 9.17) is 5.11 Å². The number of hydrogen-bond donors (Lipinski definition) is 1. The number of aromatic nitrogens is 2. The van der Waals surface area contributed by atoms with E-state index in [1.165, 1.54) is 12.4 Å². The summed E-state index contributed by atoms with van der Waals surface area (Å²) in [6, 6.07) is 7.94. The molecule has 0 saturated heterocycles. The van der Waals surface area contributed by atoms with Gasteiger partial charge in [0.25, 0.3) is 0 Å². The Morgan fingerprint density at radius 3 is 2.63 bits per heavy atom. The van der Waals surface area contributed by atoms with Crippen LogP contribution in [0.25, 0.3) is 0 Å². The molecule has 0 spiro atoms. The maximum Gasteiger partial charge on any atom is 0.338 e. The molecule has 0 saturated carbocycles. The van der Waals surface area contributed by atoms with Gasteiger partial charge in [0, 0.05) is 30.5 Å². The first kappa shape index (κ1) is 13.5. The van der Waals surface area contributed by atoms with Gasteiger partial charge >= 0.3 is 5.97 Å². The number of carboxylic acid groups (broad SMARTS) is 1. The van der Waals surface area contributed by atoms with Crippen LogP contribution in [-0.4, -0.2) is 28.1 Å². The fourth-order valence-corrected chi connectivity index (χ4v) is 2.06. The maximum atomic E-state index is 10.7. The number of carboxylic acids is 1. The summed E-state index contributed by atoms with van der Waals surface area (Å²) in [7, 11) is 1.86. The molecule has 0 fully saturated rings. The molecule has 0 aliphatic carbocycles. The zero-order valence-electron chi connectivity index (χ0n) is 10.2. The van der Waals surface area contributed by atoms with Crippen LogP contribution in [0.3, 0.4) is 0 Å². The lowest BCUT2D eigenvalue weighted by Gasteiger charge is -2.16. The van der Waals surface area contributed by atoms with Gasteiger partial charge in [0.15, 0.2) is 0 Å². The van der Waals surface area contributed by atoms with E-state index < -0.39 is 5.97 Å². The highest BCUT2D eigenvalue weighted by Gasteiger charge is 2.08. The number of anilines is 1. The number of hydrogen-bond acceptors (Lipinski definition) is 4. The Hall–Kier alpha value is -1.95.